The molecule has 1 aromatic heterocycles. The number of carbonyl (C=O) groups excluding carboxylic acids is 1. The molecule has 2 heterocycles. The van der Waals surface area contributed by atoms with Crippen LogP contribution in [0, 0.1) is 0 Å². The molecule has 0 fully saturated rings. The van der Waals surface area contributed by atoms with Crippen LogP contribution in [0.15, 0.2) is 35.3 Å². The summed E-state index contributed by atoms with van der Waals surface area (Å²) in [7, 11) is 0. The molecule has 1 unspecified atom stereocenters. The summed E-state index contributed by atoms with van der Waals surface area (Å²) in [6.45, 7) is 0. The summed E-state index contributed by atoms with van der Waals surface area (Å²) in [5, 5.41) is 1.05. The zero-order valence-electron chi connectivity index (χ0n) is 8.92. The third-order valence-corrected chi connectivity index (χ3v) is 2.59. The van der Waals surface area contributed by atoms with E-state index in [9.17, 15) is 4.79 Å². The molecule has 0 spiro atoms. The normalized spacial score (nSPS) is 18.0. The van der Waals surface area contributed by atoms with E-state index in [1.807, 2.05) is 30.3 Å². The Morgan fingerprint density at radius 2 is 2.20 bits per heavy atom. The van der Waals surface area contributed by atoms with Gasteiger partial charge in [0.1, 0.15) is 12.3 Å². The highest BCUT2D eigenvalue weighted by Gasteiger charge is 2.19. The first-order valence-corrected chi connectivity index (χ1v) is 4.76. The lowest BCUT2D eigenvalue weighted by Crippen LogP contribution is -1.96. The number of hydrogen-bond donors (Lipinski definition) is 0. The number of fused-ring (bicyclic) bond motifs is 2. The molecule has 1 aliphatic rings. The average Bonchev–Trinajstić information content (AvgIpc) is 2.68. The van der Waals surface area contributed by atoms with E-state index in [0.717, 1.165) is 28.4 Å². The SMILES string of the molecule is O=CC1N=Cc2nc3ccccc3cc21.[H+]. The number of carbonyl (C=O) groups is 1. The molecule has 0 saturated carbocycles. The summed E-state index contributed by atoms with van der Waals surface area (Å²) in [4.78, 5) is 19.3. The highest BCUT2D eigenvalue weighted by atomic mass is 16.1. The monoisotopic (exact) mass is 197 g/mol. The van der Waals surface area contributed by atoms with Gasteiger partial charge >= 0.3 is 1.43 Å². The van der Waals surface area contributed by atoms with E-state index in [4.69, 9.17) is 0 Å². The Labute approximate surface area is 88.0 Å². The zero-order chi connectivity index (χ0) is 10.3. The predicted octanol–water partition coefficient (Wildman–Crippen LogP) is 2.02. The van der Waals surface area contributed by atoms with Crippen molar-refractivity contribution in [2.45, 2.75) is 6.04 Å². The highest BCUT2D eigenvalue weighted by Crippen LogP contribution is 2.26. The van der Waals surface area contributed by atoms with E-state index in [1.165, 1.54) is 0 Å². The van der Waals surface area contributed by atoms with Crippen LogP contribution in [0.2, 0.25) is 0 Å². The summed E-state index contributed by atoms with van der Waals surface area (Å²) < 4.78 is 0. The third-order valence-electron chi connectivity index (χ3n) is 2.59. The number of aliphatic imine (C=N–C) groups is 1. The Kier molecular flexibility index (Phi) is 1.65. The number of aldehydes is 1. The number of aromatic nitrogens is 1. The molecule has 1 aromatic carbocycles. The maximum absolute atomic E-state index is 10.8. The minimum absolute atomic E-state index is 0. The molecular weight excluding hydrogens is 188 g/mol. The minimum Gasteiger partial charge on any atom is -0.301 e. The van der Waals surface area contributed by atoms with Crippen molar-refractivity contribution in [3.8, 4) is 0 Å². The number of para-hydroxylation sites is 1. The fraction of sp³-hybridized carbons (Fsp3) is 0.0833. The first kappa shape index (κ1) is 8.29. The molecule has 0 saturated heterocycles. The molecule has 0 N–H and O–H groups in total. The second-order valence-electron chi connectivity index (χ2n) is 3.51. The van der Waals surface area contributed by atoms with E-state index < -0.39 is 0 Å². The lowest BCUT2D eigenvalue weighted by Gasteiger charge is -2.03. The van der Waals surface area contributed by atoms with Gasteiger partial charge in [0.2, 0.25) is 0 Å². The van der Waals surface area contributed by atoms with Crippen molar-refractivity contribution in [1.29, 1.82) is 0 Å². The fourth-order valence-electron chi connectivity index (χ4n) is 1.83. The van der Waals surface area contributed by atoms with Crippen LogP contribution in [0.3, 0.4) is 0 Å². The molecule has 72 valence electrons. The highest BCUT2D eigenvalue weighted by molar-refractivity contribution is 5.92. The van der Waals surface area contributed by atoms with Gasteiger partial charge in [-0.2, -0.15) is 0 Å². The lowest BCUT2D eigenvalue weighted by molar-refractivity contribution is -0.108. The van der Waals surface area contributed by atoms with Gasteiger partial charge in [-0.3, -0.25) is 4.99 Å². The molecule has 3 heteroatoms. The molecule has 0 radical (unpaired) electrons. The molecule has 0 aliphatic carbocycles. The van der Waals surface area contributed by atoms with Crippen molar-refractivity contribution in [2.75, 3.05) is 0 Å². The Morgan fingerprint density at radius 1 is 1.33 bits per heavy atom. The summed E-state index contributed by atoms with van der Waals surface area (Å²) in [5.74, 6) is 0. The third kappa shape index (κ3) is 1.16. The molecule has 15 heavy (non-hydrogen) atoms. The second-order valence-corrected chi connectivity index (χ2v) is 3.51. The van der Waals surface area contributed by atoms with Crippen molar-refractivity contribution in [3.05, 3.63) is 41.6 Å². The van der Waals surface area contributed by atoms with Gasteiger partial charge in [0.05, 0.1) is 11.2 Å². The van der Waals surface area contributed by atoms with Gasteiger partial charge in [-0.05, 0) is 12.1 Å². The van der Waals surface area contributed by atoms with E-state index in [1.54, 1.807) is 6.21 Å². The van der Waals surface area contributed by atoms with Gasteiger partial charge in [-0.25, -0.2) is 4.98 Å². The van der Waals surface area contributed by atoms with Crippen LogP contribution in [0.25, 0.3) is 10.9 Å². The van der Waals surface area contributed by atoms with Crippen LogP contribution in [-0.2, 0) is 4.79 Å². The Morgan fingerprint density at radius 3 is 3.07 bits per heavy atom. The largest absolute Gasteiger partial charge is 1.00 e. The number of benzene rings is 1. The molecule has 1 aliphatic heterocycles. The first-order valence-electron chi connectivity index (χ1n) is 4.76. The molecule has 3 rings (SSSR count). The molecule has 3 nitrogen and oxygen atoms in total. The quantitative estimate of drug-likeness (QED) is 0.656. The van der Waals surface area contributed by atoms with E-state index >= 15 is 0 Å². The molecular formula is C12H9N2O+. The van der Waals surface area contributed by atoms with Crippen LogP contribution in [0.1, 0.15) is 18.7 Å². The summed E-state index contributed by atoms with van der Waals surface area (Å²) in [5.41, 5.74) is 2.66. The lowest BCUT2D eigenvalue weighted by atomic mass is 10.1. The van der Waals surface area contributed by atoms with Crippen LogP contribution < -0.4 is 0 Å². The molecule has 2 aromatic rings. The number of rotatable bonds is 1. The van der Waals surface area contributed by atoms with Gasteiger partial charge in [0, 0.05) is 17.2 Å². The van der Waals surface area contributed by atoms with Gasteiger partial charge in [-0.1, -0.05) is 18.2 Å². The predicted molar refractivity (Wildman–Crippen MR) is 59.3 cm³/mol. The van der Waals surface area contributed by atoms with Crippen molar-refractivity contribution < 1.29 is 6.22 Å². The van der Waals surface area contributed by atoms with Crippen molar-refractivity contribution in [2.24, 2.45) is 4.99 Å². The van der Waals surface area contributed by atoms with Crippen LogP contribution in [0.5, 0.6) is 0 Å². The van der Waals surface area contributed by atoms with E-state index in [-0.39, 0.29) is 7.47 Å². The topological polar surface area (TPSA) is 42.3 Å². The van der Waals surface area contributed by atoms with Gasteiger partial charge < -0.3 is 4.79 Å². The standard InChI is InChI=1S/C12H8N2O/c15-7-12-9-5-8-3-1-2-4-10(8)14-11(9)6-13-12/h1-7,12H/p+1. The minimum atomic E-state index is -0.364. The number of pyridine rings is 1. The Hall–Kier alpha value is -2.03. The molecule has 0 amide bonds. The summed E-state index contributed by atoms with van der Waals surface area (Å²) >= 11 is 0. The van der Waals surface area contributed by atoms with Crippen molar-refractivity contribution in [1.82, 2.24) is 4.98 Å². The molecule has 1 atom stereocenters. The first-order chi connectivity index (χ1) is 7.38. The average molecular weight is 197 g/mol. The van der Waals surface area contributed by atoms with Crippen LogP contribution in [-0.4, -0.2) is 17.5 Å². The number of nitrogens with zero attached hydrogens (tertiary/aromatic N) is 2. The maximum Gasteiger partial charge on any atom is 1.00 e. The maximum atomic E-state index is 10.8. The van der Waals surface area contributed by atoms with Crippen LogP contribution >= 0.6 is 0 Å². The zero-order valence-corrected chi connectivity index (χ0v) is 7.92. The second kappa shape index (κ2) is 2.98. The smallest absolute Gasteiger partial charge is 0.301 e. The Balaban J connectivity index is 0.000000963. The van der Waals surface area contributed by atoms with Crippen molar-refractivity contribution >= 4 is 23.4 Å². The van der Waals surface area contributed by atoms with Gasteiger partial charge in [0.15, 0.2) is 0 Å². The van der Waals surface area contributed by atoms with Gasteiger partial charge in [-0.15, -0.1) is 0 Å². The van der Waals surface area contributed by atoms with E-state index in [0.29, 0.717) is 0 Å². The number of hydrogen-bond acceptors (Lipinski definition) is 3. The fourth-order valence-corrected chi connectivity index (χ4v) is 1.83. The molecule has 0 bridgehead atoms. The van der Waals surface area contributed by atoms with Crippen LogP contribution in [0.4, 0.5) is 0 Å². The van der Waals surface area contributed by atoms with E-state index in [2.05, 4.69) is 9.98 Å². The summed E-state index contributed by atoms with van der Waals surface area (Å²) in [6, 6.07) is 9.48. The Bertz CT molecular complexity index is 580. The summed E-state index contributed by atoms with van der Waals surface area (Å²) in [6.07, 6.45) is 2.51. The van der Waals surface area contributed by atoms with Gasteiger partial charge in [0.25, 0.3) is 0 Å². The van der Waals surface area contributed by atoms with Crippen molar-refractivity contribution in [3.63, 3.8) is 0 Å².